The van der Waals surface area contributed by atoms with Crippen LogP contribution in [0.3, 0.4) is 0 Å². The van der Waals surface area contributed by atoms with E-state index >= 15 is 0 Å². The summed E-state index contributed by atoms with van der Waals surface area (Å²) in [7, 11) is 0. The quantitative estimate of drug-likeness (QED) is 0.802. The van der Waals surface area contributed by atoms with Crippen molar-refractivity contribution < 1.29 is 14.3 Å². The molecule has 1 aromatic carbocycles. The topological polar surface area (TPSA) is 55.1 Å². The monoisotopic (exact) mass is 296 g/mol. The summed E-state index contributed by atoms with van der Waals surface area (Å²) in [4.78, 5) is 15.5. The molecule has 0 aliphatic heterocycles. The fourth-order valence-corrected chi connectivity index (χ4v) is 2.50. The Kier molecular flexibility index (Phi) is 3.47. The molecule has 5 heteroatoms. The van der Waals surface area contributed by atoms with Gasteiger partial charge in [0.25, 0.3) is 0 Å². The van der Waals surface area contributed by atoms with E-state index in [1.54, 1.807) is 48.1 Å². The number of hydrogen-bond donors (Lipinski definition) is 1. The van der Waals surface area contributed by atoms with E-state index < -0.39 is 5.97 Å². The molecule has 0 saturated heterocycles. The zero-order valence-electron chi connectivity index (χ0n) is 11.8. The summed E-state index contributed by atoms with van der Waals surface area (Å²) in [5.41, 5.74) is 2.72. The van der Waals surface area contributed by atoms with E-state index in [4.69, 9.17) is 0 Å². The van der Waals surface area contributed by atoms with Gasteiger partial charge in [-0.15, -0.1) is 0 Å². The first-order valence-electron chi connectivity index (χ1n) is 6.70. The van der Waals surface area contributed by atoms with Crippen LogP contribution in [0.25, 0.3) is 16.9 Å². The fourth-order valence-electron chi connectivity index (χ4n) is 2.50. The molecule has 0 spiro atoms. The Morgan fingerprint density at radius 2 is 2.05 bits per heavy atom. The van der Waals surface area contributed by atoms with Crippen LogP contribution in [-0.2, 0) is 0 Å². The fraction of sp³-hybridized carbons (Fsp3) is 0.0588. The zero-order chi connectivity index (χ0) is 15.7. The van der Waals surface area contributed by atoms with Gasteiger partial charge < -0.3 is 9.67 Å². The largest absolute Gasteiger partial charge is 0.478 e. The summed E-state index contributed by atoms with van der Waals surface area (Å²) in [5, 5.41) is 9.35. The van der Waals surface area contributed by atoms with Crippen molar-refractivity contribution in [2.75, 3.05) is 0 Å². The molecule has 3 rings (SSSR count). The molecule has 0 bridgehead atoms. The van der Waals surface area contributed by atoms with E-state index in [0.717, 1.165) is 5.56 Å². The van der Waals surface area contributed by atoms with Crippen molar-refractivity contribution in [3.05, 3.63) is 71.9 Å². The lowest BCUT2D eigenvalue weighted by Gasteiger charge is -2.12. The number of rotatable bonds is 3. The van der Waals surface area contributed by atoms with Gasteiger partial charge in [0, 0.05) is 29.3 Å². The Labute approximate surface area is 126 Å². The third-order valence-electron chi connectivity index (χ3n) is 3.50. The average Bonchev–Trinajstić information content (AvgIpc) is 2.86. The maximum Gasteiger partial charge on any atom is 0.337 e. The molecule has 0 atom stereocenters. The molecule has 4 nitrogen and oxygen atoms in total. The average molecular weight is 296 g/mol. The molecule has 110 valence electrons. The molecule has 3 aromatic rings. The second-order valence-corrected chi connectivity index (χ2v) is 4.89. The minimum atomic E-state index is -1.02. The standard InChI is InChI=1S/C17H13FN2O2/c1-11-15(17(21)22)9-16(12-4-3-7-19-10-12)20(11)14-6-2-5-13(18)8-14/h2-10H,1H3,(H,21,22). The molecule has 2 heterocycles. The van der Waals surface area contributed by atoms with Gasteiger partial charge in [-0.2, -0.15) is 0 Å². The third kappa shape index (κ3) is 2.37. The summed E-state index contributed by atoms with van der Waals surface area (Å²) in [6.07, 6.45) is 3.29. The summed E-state index contributed by atoms with van der Waals surface area (Å²) in [6, 6.07) is 11.2. The van der Waals surface area contributed by atoms with E-state index in [1.165, 1.54) is 12.1 Å². The van der Waals surface area contributed by atoms with Crippen LogP contribution in [0.1, 0.15) is 16.1 Å². The highest BCUT2D eigenvalue weighted by Gasteiger charge is 2.19. The molecule has 0 aliphatic carbocycles. The maximum atomic E-state index is 13.5. The number of halogens is 1. The van der Waals surface area contributed by atoms with Gasteiger partial charge in [-0.05, 0) is 43.3 Å². The second kappa shape index (κ2) is 5.44. The lowest BCUT2D eigenvalue weighted by Crippen LogP contribution is -2.02. The van der Waals surface area contributed by atoms with Crippen molar-refractivity contribution in [1.29, 1.82) is 0 Å². The molecule has 0 saturated carbocycles. The Morgan fingerprint density at radius 1 is 1.23 bits per heavy atom. The predicted octanol–water partition coefficient (Wildman–Crippen LogP) is 3.69. The van der Waals surface area contributed by atoms with Crippen LogP contribution in [0.5, 0.6) is 0 Å². The zero-order valence-corrected chi connectivity index (χ0v) is 11.8. The SMILES string of the molecule is Cc1c(C(=O)O)cc(-c2cccnc2)n1-c1cccc(F)c1. The molecular formula is C17H13FN2O2. The van der Waals surface area contributed by atoms with E-state index in [9.17, 15) is 14.3 Å². The van der Waals surface area contributed by atoms with Crippen LogP contribution in [0.15, 0.2) is 54.9 Å². The lowest BCUT2D eigenvalue weighted by atomic mass is 10.2. The van der Waals surface area contributed by atoms with Crippen LogP contribution in [0, 0.1) is 12.7 Å². The number of aromatic nitrogens is 2. The van der Waals surface area contributed by atoms with Crippen molar-refractivity contribution in [2.45, 2.75) is 6.92 Å². The number of carboxylic acid groups (broad SMARTS) is 1. The van der Waals surface area contributed by atoms with Crippen LogP contribution in [-0.4, -0.2) is 20.6 Å². The Bertz CT molecular complexity index is 841. The van der Waals surface area contributed by atoms with Crippen molar-refractivity contribution >= 4 is 5.97 Å². The van der Waals surface area contributed by atoms with E-state index in [-0.39, 0.29) is 11.4 Å². The summed E-state index contributed by atoms with van der Waals surface area (Å²) in [6.45, 7) is 1.70. The molecule has 0 amide bonds. The third-order valence-corrected chi connectivity index (χ3v) is 3.50. The number of carbonyl (C=O) groups is 1. The highest BCUT2D eigenvalue weighted by Crippen LogP contribution is 2.29. The van der Waals surface area contributed by atoms with E-state index in [0.29, 0.717) is 17.1 Å². The Balaban J connectivity index is 2.30. The Hall–Kier alpha value is -2.95. The first-order valence-corrected chi connectivity index (χ1v) is 6.70. The van der Waals surface area contributed by atoms with Gasteiger partial charge in [0.1, 0.15) is 5.82 Å². The number of pyridine rings is 1. The van der Waals surface area contributed by atoms with Crippen molar-refractivity contribution in [2.24, 2.45) is 0 Å². The van der Waals surface area contributed by atoms with Crippen LogP contribution < -0.4 is 0 Å². The maximum absolute atomic E-state index is 13.5. The van der Waals surface area contributed by atoms with Crippen molar-refractivity contribution in [3.63, 3.8) is 0 Å². The smallest absolute Gasteiger partial charge is 0.337 e. The van der Waals surface area contributed by atoms with Crippen LogP contribution in [0.4, 0.5) is 4.39 Å². The first kappa shape index (κ1) is 14.0. The number of benzene rings is 1. The van der Waals surface area contributed by atoms with Gasteiger partial charge in [-0.25, -0.2) is 9.18 Å². The number of hydrogen-bond acceptors (Lipinski definition) is 2. The van der Waals surface area contributed by atoms with Gasteiger partial charge in [-0.1, -0.05) is 6.07 Å². The van der Waals surface area contributed by atoms with Gasteiger partial charge in [0.15, 0.2) is 0 Å². The first-order chi connectivity index (χ1) is 10.6. The number of aromatic carboxylic acids is 1. The molecule has 1 N–H and O–H groups in total. The van der Waals surface area contributed by atoms with Crippen LogP contribution in [0.2, 0.25) is 0 Å². The lowest BCUT2D eigenvalue weighted by molar-refractivity contribution is 0.0696. The Morgan fingerprint density at radius 3 is 2.68 bits per heavy atom. The van der Waals surface area contributed by atoms with E-state index in [2.05, 4.69) is 4.98 Å². The predicted molar refractivity (Wildman–Crippen MR) is 80.7 cm³/mol. The van der Waals surface area contributed by atoms with Crippen LogP contribution >= 0.6 is 0 Å². The molecule has 0 aliphatic rings. The minimum Gasteiger partial charge on any atom is -0.478 e. The molecule has 0 fully saturated rings. The van der Waals surface area contributed by atoms with Gasteiger partial charge >= 0.3 is 5.97 Å². The highest BCUT2D eigenvalue weighted by molar-refractivity contribution is 5.91. The number of carboxylic acids is 1. The second-order valence-electron chi connectivity index (χ2n) is 4.89. The van der Waals surface area contributed by atoms with Gasteiger partial charge in [0.05, 0.1) is 11.3 Å². The summed E-state index contributed by atoms with van der Waals surface area (Å²) < 4.78 is 15.3. The minimum absolute atomic E-state index is 0.183. The van der Waals surface area contributed by atoms with Crippen molar-refractivity contribution in [3.8, 4) is 16.9 Å². The van der Waals surface area contributed by atoms with Gasteiger partial charge in [-0.3, -0.25) is 4.98 Å². The normalized spacial score (nSPS) is 10.6. The summed E-state index contributed by atoms with van der Waals surface area (Å²) >= 11 is 0. The van der Waals surface area contributed by atoms with E-state index in [1.807, 2.05) is 6.07 Å². The number of nitrogens with zero attached hydrogens (tertiary/aromatic N) is 2. The van der Waals surface area contributed by atoms with Crippen molar-refractivity contribution in [1.82, 2.24) is 9.55 Å². The molecular weight excluding hydrogens is 283 g/mol. The highest BCUT2D eigenvalue weighted by atomic mass is 19.1. The molecule has 0 radical (unpaired) electrons. The van der Waals surface area contributed by atoms with Gasteiger partial charge in [0.2, 0.25) is 0 Å². The summed E-state index contributed by atoms with van der Waals surface area (Å²) in [5.74, 6) is -1.39. The molecule has 22 heavy (non-hydrogen) atoms. The molecule has 2 aromatic heterocycles. The molecule has 0 unspecified atom stereocenters.